The number of furan rings is 1. The van der Waals surface area contributed by atoms with Gasteiger partial charge in [-0.1, -0.05) is 19.3 Å². The molecule has 3 aromatic rings. The molecule has 0 radical (unpaired) electrons. The van der Waals surface area contributed by atoms with Gasteiger partial charge >= 0.3 is 5.63 Å². The van der Waals surface area contributed by atoms with E-state index in [-0.39, 0.29) is 18.9 Å². The average Bonchev–Trinajstić information content (AvgIpc) is 3.12. The van der Waals surface area contributed by atoms with Crippen molar-refractivity contribution in [1.29, 1.82) is 5.26 Å². The molecule has 0 spiro atoms. The molecule has 1 saturated carbocycles. The molecule has 6 nitrogen and oxygen atoms in total. The van der Waals surface area contributed by atoms with Crippen molar-refractivity contribution in [1.82, 2.24) is 5.32 Å². The second kappa shape index (κ2) is 7.51. The molecule has 1 fully saturated rings. The van der Waals surface area contributed by atoms with Crippen molar-refractivity contribution < 1.29 is 13.6 Å². The minimum atomic E-state index is -0.532. The molecular weight excluding hydrogens is 356 g/mol. The lowest BCUT2D eigenvalue weighted by atomic mass is 9.84. The summed E-state index contributed by atoms with van der Waals surface area (Å²) in [6, 6.07) is 5.64. The smallest absolute Gasteiger partial charge is 0.340 e. The number of carbonyl (C=O) groups is 1. The maximum absolute atomic E-state index is 12.4. The zero-order chi connectivity index (χ0) is 19.7. The Bertz CT molecular complexity index is 1140. The molecule has 144 valence electrons. The molecule has 2 aromatic heterocycles. The number of nitrogens with one attached hydrogen (secondary N) is 1. The summed E-state index contributed by atoms with van der Waals surface area (Å²) in [7, 11) is 0. The van der Waals surface area contributed by atoms with Crippen LogP contribution in [0.1, 0.15) is 54.7 Å². The molecule has 0 unspecified atom stereocenters. The summed E-state index contributed by atoms with van der Waals surface area (Å²) in [5, 5.41) is 12.9. The highest BCUT2D eigenvalue weighted by molar-refractivity contribution is 5.97. The van der Waals surface area contributed by atoms with E-state index in [9.17, 15) is 9.59 Å². The Kier molecular flexibility index (Phi) is 4.91. The van der Waals surface area contributed by atoms with Gasteiger partial charge in [0.25, 0.3) is 0 Å². The first-order valence-corrected chi connectivity index (χ1v) is 9.69. The van der Waals surface area contributed by atoms with Gasteiger partial charge < -0.3 is 14.2 Å². The number of nitrogens with zero attached hydrogens (tertiary/aromatic N) is 1. The van der Waals surface area contributed by atoms with Gasteiger partial charge in [0.15, 0.2) is 0 Å². The van der Waals surface area contributed by atoms with Gasteiger partial charge in [0.05, 0.1) is 24.3 Å². The fourth-order valence-electron chi connectivity index (χ4n) is 4.22. The maximum Gasteiger partial charge on any atom is 0.340 e. The Balaban J connectivity index is 1.79. The van der Waals surface area contributed by atoms with Crippen molar-refractivity contribution in [2.24, 2.45) is 0 Å². The van der Waals surface area contributed by atoms with Crippen LogP contribution in [0.4, 0.5) is 0 Å². The summed E-state index contributed by atoms with van der Waals surface area (Å²) in [4.78, 5) is 24.4. The highest BCUT2D eigenvalue weighted by Crippen LogP contribution is 2.39. The maximum atomic E-state index is 12.4. The lowest BCUT2D eigenvalue weighted by molar-refractivity contribution is -0.120. The van der Waals surface area contributed by atoms with E-state index >= 15 is 0 Å². The molecule has 4 rings (SSSR count). The second-order valence-electron chi connectivity index (χ2n) is 7.48. The predicted octanol–water partition coefficient (Wildman–Crippen LogP) is 4.08. The molecule has 0 bridgehead atoms. The van der Waals surface area contributed by atoms with Crippen molar-refractivity contribution in [3.8, 4) is 6.07 Å². The summed E-state index contributed by atoms with van der Waals surface area (Å²) in [5.74, 6) is 0.128. The number of fused-ring (bicyclic) bond motifs is 2. The van der Waals surface area contributed by atoms with Crippen molar-refractivity contribution in [3.63, 3.8) is 0 Å². The summed E-state index contributed by atoms with van der Waals surface area (Å²) >= 11 is 0. The van der Waals surface area contributed by atoms with Crippen LogP contribution in [-0.4, -0.2) is 12.5 Å². The summed E-state index contributed by atoms with van der Waals surface area (Å²) in [6.45, 7) is 1.75. The monoisotopic (exact) mass is 378 g/mol. The van der Waals surface area contributed by atoms with E-state index in [1.165, 1.54) is 37.7 Å². The van der Waals surface area contributed by atoms with Gasteiger partial charge in [-0.15, -0.1) is 0 Å². The first kappa shape index (κ1) is 18.3. The van der Waals surface area contributed by atoms with E-state index in [2.05, 4.69) is 5.32 Å². The van der Waals surface area contributed by atoms with Crippen molar-refractivity contribution in [2.75, 3.05) is 6.54 Å². The molecule has 1 aliphatic rings. The Morgan fingerprint density at radius 2 is 2.00 bits per heavy atom. The SMILES string of the molecule is Cc1c(CC(=O)NCC#N)c(=O)oc2cc3occ(C4CCCCC4)c3cc12. The van der Waals surface area contributed by atoms with Gasteiger partial charge in [0.2, 0.25) is 5.91 Å². The third kappa shape index (κ3) is 3.29. The van der Waals surface area contributed by atoms with Gasteiger partial charge in [-0.3, -0.25) is 4.79 Å². The molecule has 2 heterocycles. The van der Waals surface area contributed by atoms with E-state index in [0.29, 0.717) is 17.1 Å². The zero-order valence-corrected chi connectivity index (χ0v) is 15.8. The molecular formula is C22H22N2O4. The highest BCUT2D eigenvalue weighted by atomic mass is 16.4. The lowest BCUT2D eigenvalue weighted by Crippen LogP contribution is -2.28. The van der Waals surface area contributed by atoms with E-state index < -0.39 is 5.63 Å². The van der Waals surface area contributed by atoms with Crippen LogP contribution < -0.4 is 10.9 Å². The minimum absolute atomic E-state index is 0.0861. The average molecular weight is 378 g/mol. The molecule has 1 aromatic carbocycles. The van der Waals surface area contributed by atoms with Gasteiger partial charge in [0, 0.05) is 22.4 Å². The van der Waals surface area contributed by atoms with Crippen LogP contribution in [0.5, 0.6) is 0 Å². The van der Waals surface area contributed by atoms with E-state index in [1.807, 2.05) is 25.3 Å². The van der Waals surface area contributed by atoms with Crippen molar-refractivity contribution in [2.45, 2.75) is 51.4 Å². The quantitative estimate of drug-likeness (QED) is 0.545. The van der Waals surface area contributed by atoms with Gasteiger partial charge in [-0.05, 0) is 37.3 Å². The van der Waals surface area contributed by atoms with Gasteiger partial charge in [-0.2, -0.15) is 5.26 Å². The van der Waals surface area contributed by atoms with Gasteiger partial charge in [0.1, 0.15) is 17.7 Å². The second-order valence-corrected chi connectivity index (χ2v) is 7.48. The molecule has 0 saturated heterocycles. The van der Waals surface area contributed by atoms with E-state index in [4.69, 9.17) is 14.1 Å². The fraction of sp³-hybridized carbons (Fsp3) is 0.409. The number of benzene rings is 1. The Labute approximate surface area is 162 Å². The first-order valence-electron chi connectivity index (χ1n) is 9.69. The third-order valence-corrected chi connectivity index (χ3v) is 5.76. The minimum Gasteiger partial charge on any atom is -0.464 e. The van der Waals surface area contributed by atoms with Gasteiger partial charge in [-0.25, -0.2) is 4.79 Å². The number of nitriles is 1. The van der Waals surface area contributed by atoms with E-state index in [1.54, 1.807) is 6.07 Å². The molecule has 0 aliphatic heterocycles. The normalized spacial score (nSPS) is 15.0. The largest absolute Gasteiger partial charge is 0.464 e. The number of rotatable bonds is 4. The first-order chi connectivity index (χ1) is 13.6. The molecule has 1 aliphatic carbocycles. The number of amides is 1. The van der Waals surface area contributed by atoms with Crippen molar-refractivity contribution in [3.05, 3.63) is 45.5 Å². The summed E-state index contributed by atoms with van der Waals surface area (Å²) in [5.41, 5.74) is 2.92. The Morgan fingerprint density at radius 3 is 2.75 bits per heavy atom. The molecule has 6 heteroatoms. The molecule has 0 atom stereocenters. The van der Waals surface area contributed by atoms with Crippen LogP contribution in [0.25, 0.3) is 21.9 Å². The summed E-state index contributed by atoms with van der Waals surface area (Å²) in [6.07, 6.45) is 7.83. The molecule has 1 N–H and O–H groups in total. The van der Waals surface area contributed by atoms with Crippen LogP contribution in [0.3, 0.4) is 0 Å². The van der Waals surface area contributed by atoms with Crippen molar-refractivity contribution >= 4 is 27.8 Å². The predicted molar refractivity (Wildman–Crippen MR) is 105 cm³/mol. The molecule has 1 amide bonds. The van der Waals surface area contributed by atoms with Crippen LogP contribution in [0.15, 0.2) is 32.0 Å². The number of carbonyl (C=O) groups excluding carboxylic acids is 1. The topological polar surface area (TPSA) is 96.2 Å². The van der Waals surface area contributed by atoms with Crippen LogP contribution >= 0.6 is 0 Å². The highest BCUT2D eigenvalue weighted by Gasteiger charge is 2.22. The Morgan fingerprint density at radius 1 is 1.21 bits per heavy atom. The van der Waals surface area contributed by atoms with Crippen LogP contribution in [0, 0.1) is 18.3 Å². The fourth-order valence-corrected chi connectivity index (χ4v) is 4.22. The standard InChI is InChI=1S/C22H22N2O4/c1-13-15-9-17-18(14-5-3-2-4-6-14)12-27-19(17)11-20(15)28-22(26)16(13)10-21(25)24-8-7-23/h9,11-12,14H,2-6,8,10H2,1H3,(H,24,25). The number of aryl methyl sites for hydroxylation is 1. The third-order valence-electron chi connectivity index (χ3n) is 5.76. The number of hydrogen-bond acceptors (Lipinski definition) is 5. The van der Waals surface area contributed by atoms with Crippen LogP contribution in [0.2, 0.25) is 0 Å². The van der Waals surface area contributed by atoms with E-state index in [0.717, 1.165) is 21.9 Å². The zero-order valence-electron chi connectivity index (χ0n) is 15.8. The lowest BCUT2D eigenvalue weighted by Gasteiger charge is -2.20. The molecule has 28 heavy (non-hydrogen) atoms. The number of hydrogen-bond donors (Lipinski definition) is 1. The van der Waals surface area contributed by atoms with Crippen LogP contribution in [-0.2, 0) is 11.2 Å². The summed E-state index contributed by atoms with van der Waals surface area (Å²) < 4.78 is 11.3. The Hall–Kier alpha value is -3.07.